The Morgan fingerprint density at radius 3 is 2.65 bits per heavy atom. The van der Waals surface area contributed by atoms with Gasteiger partial charge in [0.1, 0.15) is 28.7 Å². The Bertz CT molecular complexity index is 1180. The Morgan fingerprint density at radius 1 is 1.03 bits per heavy atom. The molecule has 2 fully saturated rings. The molecule has 0 bridgehead atoms. The van der Waals surface area contributed by atoms with Crippen molar-refractivity contribution in [2.45, 2.75) is 70.4 Å². The lowest BCUT2D eigenvalue weighted by atomic mass is 9.93. The summed E-state index contributed by atoms with van der Waals surface area (Å²) >= 11 is 0. The summed E-state index contributed by atoms with van der Waals surface area (Å²) in [4.78, 5) is 17.0. The van der Waals surface area contributed by atoms with E-state index >= 15 is 0 Å². The largest absolute Gasteiger partial charge is 0.476 e. The maximum absolute atomic E-state index is 5.71. The first kappa shape index (κ1) is 21.6. The van der Waals surface area contributed by atoms with E-state index in [0.29, 0.717) is 24.6 Å². The number of rotatable bonds is 5. The van der Waals surface area contributed by atoms with E-state index in [4.69, 9.17) is 24.5 Å². The number of nitrogens with zero attached hydrogens (tertiary/aromatic N) is 6. The van der Waals surface area contributed by atoms with Crippen LogP contribution < -0.4 is 15.0 Å². The Kier molecular flexibility index (Phi) is 5.72. The summed E-state index contributed by atoms with van der Waals surface area (Å²) < 4.78 is 13.2. The van der Waals surface area contributed by atoms with Gasteiger partial charge in [0, 0.05) is 38.4 Å². The summed E-state index contributed by atoms with van der Waals surface area (Å²) in [5, 5.41) is 8.75. The smallest absolute Gasteiger partial charge is 0.235 e. The van der Waals surface area contributed by atoms with E-state index in [1.807, 2.05) is 24.6 Å². The topological polar surface area (TPSA) is 89.7 Å². The second-order valence-electron chi connectivity index (χ2n) is 9.71. The molecule has 0 radical (unpaired) electrons. The Balaban J connectivity index is 1.38. The number of ether oxygens (including phenoxy) is 2. The molecule has 9 heteroatoms. The van der Waals surface area contributed by atoms with Crippen molar-refractivity contribution in [1.82, 2.24) is 24.6 Å². The Hall–Kier alpha value is -2.94. The number of aromatic nitrogens is 5. The molecule has 6 rings (SSSR count). The van der Waals surface area contributed by atoms with Crippen LogP contribution in [0.1, 0.15) is 56.3 Å². The molecule has 1 N–H and O–H groups in total. The first-order valence-electron chi connectivity index (χ1n) is 12.6. The van der Waals surface area contributed by atoms with E-state index < -0.39 is 0 Å². The van der Waals surface area contributed by atoms with Crippen LogP contribution >= 0.6 is 0 Å². The van der Waals surface area contributed by atoms with E-state index in [2.05, 4.69) is 21.3 Å². The second kappa shape index (κ2) is 9.02. The van der Waals surface area contributed by atoms with E-state index in [9.17, 15) is 0 Å². The third-order valence-corrected chi connectivity index (χ3v) is 7.35. The molecule has 3 aromatic heterocycles. The van der Waals surface area contributed by atoms with Gasteiger partial charge >= 0.3 is 0 Å². The quantitative estimate of drug-likeness (QED) is 0.611. The number of anilines is 2. The fraction of sp³-hybridized carbons (Fsp3) is 0.600. The minimum Gasteiger partial charge on any atom is -0.476 e. The fourth-order valence-electron chi connectivity index (χ4n) is 5.40. The number of nitrogens with one attached hydrogen (secondary N) is 1. The van der Waals surface area contributed by atoms with Crippen molar-refractivity contribution in [3.05, 3.63) is 23.5 Å². The summed E-state index contributed by atoms with van der Waals surface area (Å²) in [5.41, 5.74) is 4.20. The number of methoxy groups -OCH3 is 1. The van der Waals surface area contributed by atoms with Crippen LogP contribution in [0.15, 0.2) is 12.1 Å². The summed E-state index contributed by atoms with van der Waals surface area (Å²) in [7, 11) is 1.82. The van der Waals surface area contributed by atoms with Gasteiger partial charge in [-0.15, -0.1) is 0 Å². The molecule has 1 saturated heterocycles. The molecule has 3 aliphatic rings. The zero-order valence-corrected chi connectivity index (χ0v) is 20.1. The van der Waals surface area contributed by atoms with Crippen LogP contribution in [0, 0.1) is 6.92 Å². The van der Waals surface area contributed by atoms with E-state index in [1.165, 1.54) is 12.8 Å². The zero-order chi connectivity index (χ0) is 23.1. The maximum Gasteiger partial charge on any atom is 0.235 e. The lowest BCUT2D eigenvalue weighted by molar-refractivity contribution is 0.0681. The van der Waals surface area contributed by atoms with Crippen molar-refractivity contribution in [3.8, 4) is 17.3 Å². The van der Waals surface area contributed by atoms with Crippen LogP contribution in [0.4, 0.5) is 11.6 Å². The van der Waals surface area contributed by atoms with Crippen LogP contribution in [0.2, 0.25) is 0 Å². The second-order valence-corrected chi connectivity index (χ2v) is 9.71. The van der Waals surface area contributed by atoms with Crippen LogP contribution in [-0.4, -0.2) is 63.5 Å². The average Bonchev–Trinajstić information content (AvgIpc) is 3.54. The van der Waals surface area contributed by atoms with Crippen molar-refractivity contribution in [2.75, 3.05) is 37.0 Å². The Labute approximate surface area is 199 Å². The molecule has 0 aromatic carbocycles. The molecule has 0 spiro atoms. The number of aryl methyl sites for hydroxylation is 2. The van der Waals surface area contributed by atoms with Crippen LogP contribution in [0.25, 0.3) is 17.0 Å². The van der Waals surface area contributed by atoms with Crippen molar-refractivity contribution >= 4 is 17.3 Å². The third kappa shape index (κ3) is 4.06. The van der Waals surface area contributed by atoms with Crippen LogP contribution in [0.5, 0.6) is 5.88 Å². The van der Waals surface area contributed by atoms with Gasteiger partial charge in [-0.3, -0.25) is 0 Å². The molecule has 34 heavy (non-hydrogen) atoms. The van der Waals surface area contributed by atoms with Crippen molar-refractivity contribution in [1.29, 1.82) is 0 Å². The molecule has 0 amide bonds. The molecule has 2 aliphatic heterocycles. The molecule has 5 heterocycles. The number of fused-ring (bicyclic) bond motifs is 2. The minimum atomic E-state index is 0.376. The average molecular weight is 464 g/mol. The van der Waals surface area contributed by atoms with Crippen LogP contribution in [0.3, 0.4) is 0 Å². The number of hydrogen-bond acceptors (Lipinski definition) is 8. The highest BCUT2D eigenvalue weighted by molar-refractivity contribution is 5.67. The molecule has 9 nitrogen and oxygen atoms in total. The van der Waals surface area contributed by atoms with Gasteiger partial charge in [0.2, 0.25) is 5.88 Å². The minimum absolute atomic E-state index is 0.376. The van der Waals surface area contributed by atoms with Gasteiger partial charge in [-0.25, -0.2) is 15.0 Å². The van der Waals surface area contributed by atoms with E-state index in [0.717, 1.165) is 91.7 Å². The molecule has 1 aliphatic carbocycles. The summed E-state index contributed by atoms with van der Waals surface area (Å²) in [6.45, 7) is 4.79. The van der Waals surface area contributed by atoms with Crippen molar-refractivity contribution < 1.29 is 9.47 Å². The fourth-order valence-corrected chi connectivity index (χ4v) is 5.40. The molecular weight excluding hydrogens is 430 g/mol. The predicted octanol–water partition coefficient (Wildman–Crippen LogP) is 3.79. The van der Waals surface area contributed by atoms with Gasteiger partial charge in [0.05, 0.1) is 18.4 Å². The van der Waals surface area contributed by atoms with E-state index in [-0.39, 0.29) is 0 Å². The van der Waals surface area contributed by atoms with Crippen LogP contribution in [-0.2, 0) is 11.2 Å². The molecule has 180 valence electrons. The van der Waals surface area contributed by atoms with Gasteiger partial charge < -0.3 is 19.7 Å². The predicted molar refractivity (Wildman–Crippen MR) is 131 cm³/mol. The third-order valence-electron chi connectivity index (χ3n) is 7.35. The molecule has 0 unspecified atom stereocenters. The molecule has 0 atom stereocenters. The number of hydrogen-bond donors (Lipinski definition) is 1. The monoisotopic (exact) mass is 463 g/mol. The van der Waals surface area contributed by atoms with Gasteiger partial charge in [-0.1, -0.05) is 0 Å². The molecular formula is C25H33N7O2. The van der Waals surface area contributed by atoms with Gasteiger partial charge in [0.15, 0.2) is 5.65 Å². The lowest BCUT2D eigenvalue weighted by Gasteiger charge is -2.29. The first-order chi connectivity index (χ1) is 16.7. The first-order valence-corrected chi connectivity index (χ1v) is 12.6. The highest BCUT2D eigenvalue weighted by Gasteiger charge is 2.24. The highest BCUT2D eigenvalue weighted by atomic mass is 16.5. The van der Waals surface area contributed by atoms with Gasteiger partial charge in [-0.2, -0.15) is 9.61 Å². The van der Waals surface area contributed by atoms with Gasteiger partial charge in [0.25, 0.3) is 0 Å². The van der Waals surface area contributed by atoms with Crippen molar-refractivity contribution in [2.24, 2.45) is 0 Å². The molecule has 1 saturated carbocycles. The standard InChI is InChI=1S/C25H33N7O2/c1-16-24(28-19-6-5-13-34-25(19)26-16)20-14-22-29-21(31-11-3-4-12-31)15-23(32(22)30-20)27-17-7-9-18(33-2)10-8-17/h14-15,17-18,27H,3-13H2,1-2H3. The highest BCUT2D eigenvalue weighted by Crippen LogP contribution is 2.31. The lowest BCUT2D eigenvalue weighted by Crippen LogP contribution is -2.30. The summed E-state index contributed by atoms with van der Waals surface area (Å²) in [6, 6.07) is 4.61. The normalized spacial score (nSPS) is 22.6. The zero-order valence-electron chi connectivity index (χ0n) is 20.1. The summed E-state index contributed by atoms with van der Waals surface area (Å²) in [5.74, 6) is 2.68. The Morgan fingerprint density at radius 2 is 1.85 bits per heavy atom. The van der Waals surface area contributed by atoms with E-state index in [1.54, 1.807) is 0 Å². The summed E-state index contributed by atoms with van der Waals surface area (Å²) in [6.07, 6.45) is 9.00. The molecule has 3 aromatic rings. The SMILES string of the molecule is COC1CCC(Nc2cc(N3CCCC3)nc3cc(-c4nc5c(nc4C)OCCC5)nn23)CC1. The van der Waals surface area contributed by atoms with Gasteiger partial charge in [-0.05, 0) is 58.3 Å². The van der Waals surface area contributed by atoms with Crippen molar-refractivity contribution in [3.63, 3.8) is 0 Å². The maximum atomic E-state index is 5.71.